The molecule has 16 heavy (non-hydrogen) atoms. The maximum absolute atomic E-state index is 6.08. The van der Waals surface area contributed by atoms with Gasteiger partial charge in [0.2, 0.25) is 0 Å². The fourth-order valence-corrected chi connectivity index (χ4v) is 1.88. The van der Waals surface area contributed by atoms with E-state index >= 15 is 0 Å². The van der Waals surface area contributed by atoms with Gasteiger partial charge in [-0.2, -0.15) is 0 Å². The molecule has 1 aromatic carbocycles. The lowest BCUT2D eigenvalue weighted by Gasteiger charge is -2.18. The maximum atomic E-state index is 6.08. The SMILES string of the molecule is COc1ccc(C)cc1CC(N)CN(C)C. The lowest BCUT2D eigenvalue weighted by Crippen LogP contribution is -2.35. The van der Waals surface area contributed by atoms with Gasteiger partial charge in [0.15, 0.2) is 0 Å². The summed E-state index contributed by atoms with van der Waals surface area (Å²) in [7, 11) is 5.77. The molecular weight excluding hydrogens is 200 g/mol. The first-order valence-electron chi connectivity index (χ1n) is 5.56. The molecular formula is C13H22N2O. The summed E-state index contributed by atoms with van der Waals surface area (Å²) in [6, 6.07) is 6.35. The van der Waals surface area contributed by atoms with Gasteiger partial charge in [-0.3, -0.25) is 0 Å². The molecule has 2 N–H and O–H groups in total. The number of aryl methyl sites for hydroxylation is 1. The van der Waals surface area contributed by atoms with Crippen molar-refractivity contribution in [2.24, 2.45) is 5.73 Å². The first-order valence-corrected chi connectivity index (χ1v) is 5.56. The molecule has 3 heteroatoms. The Morgan fingerprint density at radius 1 is 1.38 bits per heavy atom. The zero-order valence-corrected chi connectivity index (χ0v) is 10.7. The summed E-state index contributed by atoms with van der Waals surface area (Å²) in [5.41, 5.74) is 8.52. The Balaban J connectivity index is 2.74. The molecule has 0 bridgehead atoms. The van der Waals surface area contributed by atoms with Crippen LogP contribution in [0.25, 0.3) is 0 Å². The molecule has 0 aliphatic carbocycles. The van der Waals surface area contributed by atoms with Crippen molar-refractivity contribution >= 4 is 0 Å². The Morgan fingerprint density at radius 3 is 2.62 bits per heavy atom. The third kappa shape index (κ3) is 3.83. The van der Waals surface area contributed by atoms with Gasteiger partial charge >= 0.3 is 0 Å². The first kappa shape index (κ1) is 13.0. The van der Waals surface area contributed by atoms with Crippen LogP contribution in [-0.4, -0.2) is 38.7 Å². The minimum absolute atomic E-state index is 0.144. The molecule has 0 aliphatic heterocycles. The third-order valence-electron chi connectivity index (χ3n) is 2.52. The summed E-state index contributed by atoms with van der Waals surface area (Å²) in [4.78, 5) is 2.10. The van der Waals surface area contributed by atoms with Gasteiger partial charge in [0.05, 0.1) is 7.11 Å². The summed E-state index contributed by atoms with van der Waals surface area (Å²) in [6.07, 6.45) is 0.850. The van der Waals surface area contributed by atoms with Crippen LogP contribution in [0.1, 0.15) is 11.1 Å². The Bertz CT molecular complexity index is 337. The van der Waals surface area contributed by atoms with Gasteiger partial charge in [-0.25, -0.2) is 0 Å². The molecule has 1 aromatic rings. The van der Waals surface area contributed by atoms with E-state index in [1.54, 1.807) is 7.11 Å². The number of nitrogens with two attached hydrogens (primary N) is 1. The number of ether oxygens (including phenoxy) is 1. The van der Waals surface area contributed by atoms with Gasteiger partial charge in [-0.1, -0.05) is 17.7 Å². The summed E-state index contributed by atoms with van der Waals surface area (Å²) < 4.78 is 5.34. The van der Waals surface area contributed by atoms with Crippen LogP contribution in [0.3, 0.4) is 0 Å². The van der Waals surface area contributed by atoms with Gasteiger partial charge in [0.1, 0.15) is 5.75 Å². The van der Waals surface area contributed by atoms with Crippen molar-refractivity contribution in [2.75, 3.05) is 27.7 Å². The molecule has 3 nitrogen and oxygen atoms in total. The highest BCUT2D eigenvalue weighted by atomic mass is 16.5. The second-order valence-electron chi connectivity index (χ2n) is 4.54. The number of likely N-dealkylation sites (N-methyl/N-ethyl adjacent to an activating group) is 1. The highest BCUT2D eigenvalue weighted by Gasteiger charge is 2.09. The second-order valence-corrected chi connectivity index (χ2v) is 4.54. The standard InChI is InChI=1S/C13H22N2O/c1-10-5-6-13(16-4)11(7-10)8-12(14)9-15(2)3/h5-7,12H,8-9,14H2,1-4H3. The van der Waals surface area contributed by atoms with E-state index in [9.17, 15) is 0 Å². The van der Waals surface area contributed by atoms with Crippen LogP contribution in [0.15, 0.2) is 18.2 Å². The fraction of sp³-hybridized carbons (Fsp3) is 0.538. The quantitative estimate of drug-likeness (QED) is 0.819. The zero-order valence-electron chi connectivity index (χ0n) is 10.7. The van der Waals surface area contributed by atoms with E-state index in [2.05, 4.69) is 24.0 Å². The summed E-state index contributed by atoms with van der Waals surface area (Å²) in [5.74, 6) is 0.930. The van der Waals surface area contributed by atoms with E-state index in [0.717, 1.165) is 18.7 Å². The van der Waals surface area contributed by atoms with Crippen LogP contribution < -0.4 is 10.5 Å². The second kappa shape index (κ2) is 5.87. The Hall–Kier alpha value is -1.06. The molecule has 0 saturated carbocycles. The zero-order chi connectivity index (χ0) is 12.1. The third-order valence-corrected chi connectivity index (χ3v) is 2.52. The van der Waals surface area contributed by atoms with Gasteiger partial charge in [-0.15, -0.1) is 0 Å². The topological polar surface area (TPSA) is 38.5 Å². The van der Waals surface area contributed by atoms with Gasteiger partial charge in [0, 0.05) is 12.6 Å². The monoisotopic (exact) mass is 222 g/mol. The van der Waals surface area contributed by atoms with Crippen molar-refractivity contribution in [1.29, 1.82) is 0 Å². The molecule has 0 aromatic heterocycles. The number of benzene rings is 1. The fourth-order valence-electron chi connectivity index (χ4n) is 1.88. The Morgan fingerprint density at radius 2 is 2.06 bits per heavy atom. The van der Waals surface area contributed by atoms with Crippen molar-refractivity contribution in [3.63, 3.8) is 0 Å². The Labute approximate surface area is 98.2 Å². The predicted octanol–water partition coefficient (Wildman–Crippen LogP) is 1.44. The molecule has 1 unspecified atom stereocenters. The van der Waals surface area contributed by atoms with Crippen molar-refractivity contribution < 1.29 is 4.74 Å². The largest absolute Gasteiger partial charge is 0.496 e. The smallest absolute Gasteiger partial charge is 0.122 e. The van der Waals surface area contributed by atoms with Crippen molar-refractivity contribution in [3.05, 3.63) is 29.3 Å². The average Bonchev–Trinajstić information content (AvgIpc) is 2.16. The molecule has 1 atom stereocenters. The number of hydrogen-bond acceptors (Lipinski definition) is 3. The van der Waals surface area contributed by atoms with Gasteiger partial charge in [0.25, 0.3) is 0 Å². The van der Waals surface area contributed by atoms with E-state index in [0.29, 0.717) is 0 Å². The molecule has 0 aliphatic rings. The van der Waals surface area contributed by atoms with Crippen molar-refractivity contribution in [2.45, 2.75) is 19.4 Å². The van der Waals surface area contributed by atoms with Crippen molar-refractivity contribution in [3.8, 4) is 5.75 Å². The lowest BCUT2D eigenvalue weighted by molar-refractivity contribution is 0.366. The molecule has 0 spiro atoms. The van der Waals surface area contributed by atoms with Crippen LogP contribution in [0, 0.1) is 6.92 Å². The highest BCUT2D eigenvalue weighted by molar-refractivity contribution is 5.37. The number of nitrogens with zero attached hydrogens (tertiary/aromatic N) is 1. The minimum Gasteiger partial charge on any atom is -0.496 e. The van der Waals surface area contributed by atoms with Crippen LogP contribution in [0.4, 0.5) is 0 Å². The van der Waals surface area contributed by atoms with Crippen LogP contribution in [0.5, 0.6) is 5.75 Å². The highest BCUT2D eigenvalue weighted by Crippen LogP contribution is 2.20. The molecule has 0 saturated heterocycles. The lowest BCUT2D eigenvalue weighted by atomic mass is 10.0. The predicted molar refractivity (Wildman–Crippen MR) is 68.0 cm³/mol. The number of hydrogen-bond donors (Lipinski definition) is 1. The van der Waals surface area contributed by atoms with Crippen LogP contribution in [-0.2, 0) is 6.42 Å². The van der Waals surface area contributed by atoms with E-state index in [1.165, 1.54) is 11.1 Å². The van der Waals surface area contributed by atoms with E-state index < -0.39 is 0 Å². The minimum atomic E-state index is 0.144. The number of methoxy groups -OCH3 is 1. The molecule has 1 rings (SSSR count). The number of rotatable bonds is 5. The molecule has 0 fully saturated rings. The summed E-state index contributed by atoms with van der Waals surface area (Å²) in [6.45, 7) is 2.97. The van der Waals surface area contributed by atoms with Crippen LogP contribution in [0.2, 0.25) is 0 Å². The normalized spacial score (nSPS) is 12.9. The van der Waals surface area contributed by atoms with Gasteiger partial charge < -0.3 is 15.4 Å². The first-order chi connectivity index (χ1) is 7.52. The van der Waals surface area contributed by atoms with Crippen LogP contribution >= 0.6 is 0 Å². The summed E-state index contributed by atoms with van der Waals surface area (Å²) in [5, 5.41) is 0. The summed E-state index contributed by atoms with van der Waals surface area (Å²) >= 11 is 0. The van der Waals surface area contributed by atoms with Gasteiger partial charge in [-0.05, 0) is 39.1 Å². The van der Waals surface area contributed by atoms with E-state index in [4.69, 9.17) is 10.5 Å². The average molecular weight is 222 g/mol. The molecule has 0 amide bonds. The van der Waals surface area contributed by atoms with Crippen molar-refractivity contribution in [1.82, 2.24) is 4.90 Å². The molecule has 0 radical (unpaired) electrons. The Kier molecular flexibility index (Phi) is 4.77. The molecule has 90 valence electrons. The molecule has 0 heterocycles. The maximum Gasteiger partial charge on any atom is 0.122 e. The van der Waals surface area contributed by atoms with E-state index in [-0.39, 0.29) is 6.04 Å². The van der Waals surface area contributed by atoms with E-state index in [1.807, 2.05) is 20.2 Å².